The van der Waals surface area contributed by atoms with Gasteiger partial charge in [-0.15, -0.1) is 11.3 Å². The van der Waals surface area contributed by atoms with Crippen LogP contribution in [-0.4, -0.2) is 58.5 Å². The molecule has 28 heavy (non-hydrogen) atoms. The topological polar surface area (TPSA) is 74.2 Å². The summed E-state index contributed by atoms with van der Waals surface area (Å²) in [7, 11) is 0. The Bertz CT molecular complexity index is 1030. The molecular weight excluding hydrogens is 372 g/mol. The first-order valence-corrected chi connectivity index (χ1v) is 10.5. The number of nitrogens with one attached hydrogen (secondary N) is 1. The highest BCUT2D eigenvalue weighted by Gasteiger charge is 2.27. The number of benzene rings is 1. The van der Waals surface area contributed by atoms with Crippen LogP contribution in [0.5, 0.6) is 0 Å². The van der Waals surface area contributed by atoms with Crippen LogP contribution >= 0.6 is 11.3 Å². The van der Waals surface area contributed by atoms with Gasteiger partial charge in [0, 0.05) is 62.5 Å². The minimum Gasteiger partial charge on any atom is -0.350 e. The lowest BCUT2D eigenvalue weighted by molar-refractivity contribution is 0.0942. The average molecular weight is 395 g/mol. The van der Waals surface area contributed by atoms with Crippen molar-refractivity contribution in [2.75, 3.05) is 37.6 Å². The monoisotopic (exact) mass is 394 g/mol. The molecule has 0 bridgehead atoms. The number of hydrogen-bond donors (Lipinski definition) is 1. The summed E-state index contributed by atoms with van der Waals surface area (Å²) in [5, 5.41) is 3.86. The molecule has 1 aromatic carbocycles. The number of amides is 1. The van der Waals surface area contributed by atoms with Crippen molar-refractivity contribution in [1.82, 2.24) is 25.2 Å². The number of fused-ring (bicyclic) bond motifs is 2. The third-order valence-corrected chi connectivity index (χ3v) is 6.82. The molecule has 1 fully saturated rings. The highest BCUT2D eigenvalue weighted by atomic mass is 32.1. The highest BCUT2D eigenvalue weighted by molar-refractivity contribution is 7.16. The summed E-state index contributed by atoms with van der Waals surface area (Å²) < 4.78 is 0. The molecule has 7 nitrogen and oxygen atoms in total. The van der Waals surface area contributed by atoms with Crippen molar-refractivity contribution in [1.29, 1.82) is 0 Å². The summed E-state index contributed by atoms with van der Waals surface area (Å²) >= 11 is 1.67. The summed E-state index contributed by atoms with van der Waals surface area (Å²) in [4.78, 5) is 31.3. The van der Waals surface area contributed by atoms with Crippen molar-refractivity contribution in [3.05, 3.63) is 46.7 Å². The van der Waals surface area contributed by atoms with E-state index in [4.69, 9.17) is 0 Å². The molecular formula is C20H22N6OS. The van der Waals surface area contributed by atoms with Gasteiger partial charge in [-0.25, -0.2) is 4.98 Å². The minimum absolute atomic E-state index is 0.0320. The number of carbonyl (C=O) groups is 1. The predicted octanol–water partition coefficient (Wildman–Crippen LogP) is 2.26. The molecule has 0 aliphatic carbocycles. The van der Waals surface area contributed by atoms with Crippen LogP contribution in [0.4, 0.5) is 5.13 Å². The third kappa shape index (κ3) is 3.12. The highest BCUT2D eigenvalue weighted by Crippen LogP contribution is 2.30. The van der Waals surface area contributed by atoms with Gasteiger partial charge >= 0.3 is 0 Å². The van der Waals surface area contributed by atoms with Gasteiger partial charge in [0.2, 0.25) is 0 Å². The van der Waals surface area contributed by atoms with Crippen LogP contribution in [0.1, 0.15) is 33.9 Å². The molecule has 1 amide bonds. The fourth-order valence-corrected chi connectivity index (χ4v) is 5.05. The van der Waals surface area contributed by atoms with Crippen molar-refractivity contribution in [2.24, 2.45) is 0 Å². The molecule has 1 saturated heterocycles. The van der Waals surface area contributed by atoms with E-state index in [2.05, 4.69) is 55.2 Å². The lowest BCUT2D eigenvalue weighted by Gasteiger charge is -2.38. The van der Waals surface area contributed by atoms with Crippen molar-refractivity contribution < 1.29 is 4.79 Å². The van der Waals surface area contributed by atoms with Crippen LogP contribution < -0.4 is 10.2 Å². The Kier molecular flexibility index (Phi) is 4.44. The number of rotatable bonds is 3. The van der Waals surface area contributed by atoms with E-state index in [-0.39, 0.29) is 5.91 Å². The fraction of sp³-hybridized carbons (Fsp3) is 0.400. The molecule has 2 aliphatic rings. The molecule has 0 radical (unpaired) electrons. The first-order valence-electron chi connectivity index (χ1n) is 9.66. The molecule has 1 N–H and O–H groups in total. The van der Waals surface area contributed by atoms with E-state index < -0.39 is 0 Å². The lowest BCUT2D eigenvalue weighted by atomic mass is 10.1. The van der Waals surface area contributed by atoms with Crippen LogP contribution in [0.25, 0.3) is 11.0 Å². The fourth-order valence-electron chi connectivity index (χ4n) is 3.95. The molecule has 2 aliphatic heterocycles. The SMILES string of the molecule is CC(c1ccc2nccnc2c1)N1CCN(c2nc3c(s2)CCNC3=O)CC1. The maximum atomic E-state index is 12.0. The largest absolute Gasteiger partial charge is 0.350 e. The van der Waals surface area contributed by atoms with Gasteiger partial charge in [-0.3, -0.25) is 19.7 Å². The number of aromatic nitrogens is 3. The Morgan fingerprint density at radius 1 is 1.11 bits per heavy atom. The van der Waals surface area contributed by atoms with E-state index in [1.165, 1.54) is 5.56 Å². The van der Waals surface area contributed by atoms with Crippen LogP contribution in [0.15, 0.2) is 30.6 Å². The summed E-state index contributed by atoms with van der Waals surface area (Å²) in [6.07, 6.45) is 4.36. The Balaban J connectivity index is 1.28. The second-order valence-corrected chi connectivity index (χ2v) is 8.34. The Morgan fingerprint density at radius 2 is 1.89 bits per heavy atom. The van der Waals surface area contributed by atoms with Gasteiger partial charge in [-0.05, 0) is 24.6 Å². The zero-order valence-electron chi connectivity index (χ0n) is 15.8. The van der Waals surface area contributed by atoms with E-state index in [0.717, 1.165) is 60.2 Å². The standard InChI is InChI=1S/C20H22N6OS/c1-13(14-2-3-15-16(12-14)22-7-6-21-15)25-8-10-26(11-9-25)20-24-18-17(28-20)4-5-23-19(18)27/h2-3,6-7,12-13H,4-5,8-11H2,1H3,(H,23,27). The van der Waals surface area contributed by atoms with E-state index in [0.29, 0.717) is 11.7 Å². The Labute approximate surface area is 167 Å². The van der Waals surface area contributed by atoms with E-state index in [9.17, 15) is 4.79 Å². The van der Waals surface area contributed by atoms with Gasteiger partial charge in [0.05, 0.1) is 11.0 Å². The number of anilines is 1. The molecule has 3 aromatic rings. The van der Waals surface area contributed by atoms with Crippen LogP contribution in [0.2, 0.25) is 0 Å². The second-order valence-electron chi connectivity index (χ2n) is 7.28. The normalized spacial score (nSPS) is 18.8. The first-order chi connectivity index (χ1) is 13.7. The molecule has 5 rings (SSSR count). The third-order valence-electron chi connectivity index (χ3n) is 5.65. The van der Waals surface area contributed by atoms with E-state index in [1.54, 1.807) is 23.7 Å². The zero-order chi connectivity index (χ0) is 19.1. The Morgan fingerprint density at radius 3 is 2.68 bits per heavy atom. The second kappa shape index (κ2) is 7.10. The van der Waals surface area contributed by atoms with Gasteiger partial charge in [-0.1, -0.05) is 6.07 Å². The summed E-state index contributed by atoms with van der Waals surface area (Å²) in [6.45, 7) is 6.75. The maximum Gasteiger partial charge on any atom is 0.271 e. The van der Waals surface area contributed by atoms with Gasteiger partial charge < -0.3 is 10.2 Å². The molecule has 8 heteroatoms. The van der Waals surface area contributed by atoms with Crippen molar-refractivity contribution >= 4 is 33.4 Å². The van der Waals surface area contributed by atoms with Crippen molar-refractivity contribution in [3.63, 3.8) is 0 Å². The molecule has 144 valence electrons. The quantitative estimate of drug-likeness (QED) is 0.735. The first kappa shape index (κ1) is 17.5. The molecule has 0 saturated carbocycles. The smallest absolute Gasteiger partial charge is 0.271 e. The van der Waals surface area contributed by atoms with Crippen molar-refractivity contribution in [3.8, 4) is 0 Å². The van der Waals surface area contributed by atoms with Crippen LogP contribution in [0.3, 0.4) is 0 Å². The minimum atomic E-state index is -0.0320. The number of carbonyl (C=O) groups excluding carboxylic acids is 1. The van der Waals surface area contributed by atoms with Crippen LogP contribution in [0, 0.1) is 0 Å². The Hall–Kier alpha value is -2.58. The number of hydrogen-bond acceptors (Lipinski definition) is 7. The number of thiazole rings is 1. The molecule has 4 heterocycles. The molecule has 1 unspecified atom stereocenters. The lowest BCUT2D eigenvalue weighted by Crippen LogP contribution is -2.47. The van der Waals surface area contributed by atoms with E-state index in [1.807, 2.05) is 0 Å². The van der Waals surface area contributed by atoms with Gasteiger partial charge in [0.15, 0.2) is 5.13 Å². The molecule has 0 spiro atoms. The average Bonchev–Trinajstić information content (AvgIpc) is 3.19. The summed E-state index contributed by atoms with van der Waals surface area (Å²) in [5.41, 5.74) is 3.76. The maximum absolute atomic E-state index is 12.0. The number of nitrogens with zero attached hydrogens (tertiary/aromatic N) is 5. The predicted molar refractivity (Wildman–Crippen MR) is 110 cm³/mol. The number of piperazine rings is 1. The summed E-state index contributed by atoms with van der Waals surface area (Å²) in [6, 6.07) is 6.67. The van der Waals surface area contributed by atoms with Crippen molar-refractivity contribution in [2.45, 2.75) is 19.4 Å². The van der Waals surface area contributed by atoms with Gasteiger partial charge in [0.25, 0.3) is 5.91 Å². The molecule has 1 atom stereocenters. The summed E-state index contributed by atoms with van der Waals surface area (Å²) in [5.74, 6) is -0.0320. The zero-order valence-corrected chi connectivity index (χ0v) is 16.6. The molecule has 2 aromatic heterocycles. The van der Waals surface area contributed by atoms with Crippen LogP contribution in [-0.2, 0) is 6.42 Å². The van der Waals surface area contributed by atoms with Gasteiger partial charge in [-0.2, -0.15) is 0 Å². The van der Waals surface area contributed by atoms with Gasteiger partial charge in [0.1, 0.15) is 5.69 Å². The van der Waals surface area contributed by atoms with E-state index >= 15 is 0 Å².